The monoisotopic (exact) mass is 349 g/mol. The van der Waals surface area contributed by atoms with Gasteiger partial charge in [-0.2, -0.15) is 0 Å². The largest absolute Gasteiger partial charge is 0.398 e. The van der Waals surface area contributed by atoms with Gasteiger partial charge in [-0.3, -0.25) is 9.59 Å². The van der Waals surface area contributed by atoms with Crippen molar-refractivity contribution in [2.24, 2.45) is 0 Å². The van der Waals surface area contributed by atoms with E-state index in [2.05, 4.69) is 21.2 Å². The minimum absolute atomic E-state index is 0.0833. The number of carbonyl (C=O) groups excluding carboxylic acids is 1. The number of hydrogen-bond acceptors (Lipinski definition) is 3. The summed E-state index contributed by atoms with van der Waals surface area (Å²) < 4.78 is 2.13. The zero-order valence-electron chi connectivity index (χ0n) is 11.6. The van der Waals surface area contributed by atoms with Gasteiger partial charge in [-0.05, 0) is 40.5 Å². The van der Waals surface area contributed by atoms with Crippen LogP contribution in [0.4, 0.5) is 11.4 Å². The lowest BCUT2D eigenvalue weighted by Crippen LogP contribution is -2.20. The van der Waals surface area contributed by atoms with Crippen LogP contribution in [0.5, 0.6) is 0 Å². The normalized spacial score (nSPS) is 10.4. The van der Waals surface area contributed by atoms with Crippen molar-refractivity contribution in [2.75, 3.05) is 11.1 Å². The number of nitrogen functional groups attached to an aromatic ring is 1. The number of nitrogens with two attached hydrogens (primary N) is 1. The molecule has 0 aliphatic heterocycles. The highest BCUT2D eigenvalue weighted by molar-refractivity contribution is 9.10. The third kappa shape index (κ3) is 3.52. The molecule has 0 saturated heterocycles. The van der Waals surface area contributed by atoms with Crippen LogP contribution in [0.3, 0.4) is 0 Å². The molecule has 0 aliphatic rings. The van der Waals surface area contributed by atoms with E-state index in [0.29, 0.717) is 28.0 Å². The van der Waals surface area contributed by atoms with Crippen LogP contribution in [0, 0.1) is 0 Å². The lowest BCUT2D eigenvalue weighted by atomic mass is 10.2. The Balaban J connectivity index is 2.25. The van der Waals surface area contributed by atoms with Gasteiger partial charge in [0.2, 0.25) is 0 Å². The van der Waals surface area contributed by atoms with Gasteiger partial charge in [-0.15, -0.1) is 0 Å². The summed E-state index contributed by atoms with van der Waals surface area (Å²) in [6.45, 7) is 2.60. The molecule has 0 spiro atoms. The lowest BCUT2D eigenvalue weighted by molar-refractivity contribution is 0.102. The molecule has 2 aromatic rings. The number of amides is 1. The number of nitrogens with zero attached hydrogens (tertiary/aromatic N) is 1. The van der Waals surface area contributed by atoms with Crippen LogP contribution >= 0.6 is 15.9 Å². The maximum atomic E-state index is 12.3. The van der Waals surface area contributed by atoms with Crippen LogP contribution in [0.2, 0.25) is 0 Å². The molecule has 1 aromatic carbocycles. The summed E-state index contributed by atoms with van der Waals surface area (Å²) in [6, 6.07) is 8.14. The van der Waals surface area contributed by atoms with Crippen molar-refractivity contribution in [1.29, 1.82) is 0 Å². The Morgan fingerprint density at radius 3 is 2.81 bits per heavy atom. The fourth-order valence-corrected chi connectivity index (χ4v) is 2.39. The maximum absolute atomic E-state index is 12.3. The van der Waals surface area contributed by atoms with Crippen molar-refractivity contribution in [3.8, 4) is 0 Å². The standard InChI is InChI=1S/C15H16BrN3O2/c1-2-8-19-9-10(6-7-13(19)20)18-15(21)11-4-3-5-12(17)14(11)16/h3-7,9H,2,8,17H2,1H3,(H,18,21). The number of aryl methyl sites for hydroxylation is 1. The second-order valence-electron chi connectivity index (χ2n) is 4.61. The van der Waals surface area contributed by atoms with Crippen LogP contribution in [0.15, 0.2) is 45.8 Å². The number of rotatable bonds is 4. The first-order valence-electron chi connectivity index (χ1n) is 6.58. The summed E-state index contributed by atoms with van der Waals surface area (Å²) in [7, 11) is 0. The predicted molar refractivity (Wildman–Crippen MR) is 87.5 cm³/mol. The van der Waals surface area contributed by atoms with Gasteiger partial charge in [0.25, 0.3) is 11.5 Å². The molecule has 110 valence electrons. The maximum Gasteiger partial charge on any atom is 0.256 e. The number of halogens is 1. The fourth-order valence-electron chi connectivity index (χ4n) is 1.94. The topological polar surface area (TPSA) is 77.1 Å². The Hall–Kier alpha value is -2.08. The molecule has 0 aliphatic carbocycles. The molecule has 1 aromatic heterocycles. The summed E-state index contributed by atoms with van der Waals surface area (Å²) in [6.07, 6.45) is 2.49. The van der Waals surface area contributed by atoms with E-state index in [1.54, 1.807) is 35.0 Å². The molecule has 0 atom stereocenters. The molecule has 2 rings (SSSR count). The van der Waals surface area contributed by atoms with E-state index < -0.39 is 0 Å². The Bertz CT molecular complexity index is 725. The van der Waals surface area contributed by atoms with E-state index in [9.17, 15) is 9.59 Å². The van der Waals surface area contributed by atoms with E-state index in [0.717, 1.165) is 6.42 Å². The quantitative estimate of drug-likeness (QED) is 0.833. The minimum Gasteiger partial charge on any atom is -0.398 e. The van der Waals surface area contributed by atoms with E-state index >= 15 is 0 Å². The number of anilines is 2. The molecule has 0 fully saturated rings. The molecule has 6 heteroatoms. The predicted octanol–water partition coefficient (Wildman–Crippen LogP) is 2.86. The van der Waals surface area contributed by atoms with Crippen LogP contribution in [0.25, 0.3) is 0 Å². The molecule has 0 saturated carbocycles. The second kappa shape index (κ2) is 6.58. The first-order chi connectivity index (χ1) is 10.0. The van der Waals surface area contributed by atoms with Crippen LogP contribution in [-0.2, 0) is 6.54 Å². The zero-order chi connectivity index (χ0) is 15.4. The Labute approximate surface area is 130 Å². The van der Waals surface area contributed by atoms with Gasteiger partial charge in [-0.25, -0.2) is 0 Å². The molecule has 0 radical (unpaired) electrons. The number of benzene rings is 1. The van der Waals surface area contributed by atoms with Crippen molar-refractivity contribution < 1.29 is 4.79 Å². The third-order valence-corrected chi connectivity index (χ3v) is 3.86. The summed E-state index contributed by atoms with van der Waals surface area (Å²) in [5, 5.41) is 2.77. The molecule has 5 nitrogen and oxygen atoms in total. The number of aromatic nitrogens is 1. The summed E-state index contributed by atoms with van der Waals surface area (Å²) in [5.41, 5.74) is 7.20. The van der Waals surface area contributed by atoms with Crippen LogP contribution in [-0.4, -0.2) is 10.5 Å². The van der Waals surface area contributed by atoms with Gasteiger partial charge in [-0.1, -0.05) is 13.0 Å². The van der Waals surface area contributed by atoms with Crippen LogP contribution < -0.4 is 16.6 Å². The number of pyridine rings is 1. The average Bonchev–Trinajstić information content (AvgIpc) is 2.45. The smallest absolute Gasteiger partial charge is 0.256 e. The van der Waals surface area contributed by atoms with Crippen LogP contribution in [0.1, 0.15) is 23.7 Å². The van der Waals surface area contributed by atoms with Gasteiger partial charge >= 0.3 is 0 Å². The number of nitrogens with one attached hydrogen (secondary N) is 1. The molecular weight excluding hydrogens is 334 g/mol. The van der Waals surface area contributed by atoms with E-state index in [4.69, 9.17) is 5.73 Å². The molecular formula is C15H16BrN3O2. The van der Waals surface area contributed by atoms with E-state index in [1.807, 2.05) is 6.92 Å². The molecule has 0 bridgehead atoms. The van der Waals surface area contributed by atoms with Gasteiger partial charge in [0.15, 0.2) is 0 Å². The molecule has 21 heavy (non-hydrogen) atoms. The van der Waals surface area contributed by atoms with Gasteiger partial charge < -0.3 is 15.6 Å². The highest BCUT2D eigenvalue weighted by atomic mass is 79.9. The van der Waals surface area contributed by atoms with Crippen molar-refractivity contribution in [1.82, 2.24) is 4.57 Å². The first-order valence-corrected chi connectivity index (χ1v) is 7.38. The number of carbonyl (C=O) groups is 1. The SMILES string of the molecule is CCCn1cc(NC(=O)c2cccc(N)c2Br)ccc1=O. The van der Waals surface area contributed by atoms with Gasteiger partial charge in [0.1, 0.15) is 0 Å². The average molecular weight is 350 g/mol. The lowest BCUT2D eigenvalue weighted by Gasteiger charge is -2.10. The summed E-state index contributed by atoms with van der Waals surface area (Å²) in [5.74, 6) is -0.282. The number of hydrogen-bond donors (Lipinski definition) is 2. The summed E-state index contributed by atoms with van der Waals surface area (Å²) in [4.78, 5) is 23.9. The Morgan fingerprint density at radius 2 is 2.10 bits per heavy atom. The highest BCUT2D eigenvalue weighted by Crippen LogP contribution is 2.24. The highest BCUT2D eigenvalue weighted by Gasteiger charge is 2.12. The zero-order valence-corrected chi connectivity index (χ0v) is 13.2. The van der Waals surface area contributed by atoms with Crippen molar-refractivity contribution in [3.63, 3.8) is 0 Å². The van der Waals surface area contributed by atoms with E-state index in [1.165, 1.54) is 6.07 Å². The van der Waals surface area contributed by atoms with Gasteiger partial charge in [0, 0.05) is 24.5 Å². The molecule has 1 heterocycles. The summed E-state index contributed by atoms with van der Waals surface area (Å²) >= 11 is 3.30. The Kier molecular flexibility index (Phi) is 4.80. The first kappa shape index (κ1) is 15.3. The molecule has 3 N–H and O–H groups in total. The second-order valence-corrected chi connectivity index (χ2v) is 5.41. The van der Waals surface area contributed by atoms with E-state index in [-0.39, 0.29) is 11.5 Å². The Morgan fingerprint density at radius 1 is 1.33 bits per heavy atom. The third-order valence-electron chi connectivity index (χ3n) is 2.98. The fraction of sp³-hybridized carbons (Fsp3) is 0.200. The van der Waals surface area contributed by atoms with Gasteiger partial charge in [0.05, 0.1) is 15.7 Å². The molecule has 0 unspecified atom stereocenters. The minimum atomic E-state index is -0.282. The van der Waals surface area contributed by atoms with Crippen molar-refractivity contribution in [3.05, 3.63) is 56.9 Å². The van der Waals surface area contributed by atoms with Crippen molar-refractivity contribution >= 4 is 33.2 Å². The molecule has 1 amide bonds. The van der Waals surface area contributed by atoms with Crippen molar-refractivity contribution in [2.45, 2.75) is 19.9 Å².